The minimum atomic E-state index is -0.137. The summed E-state index contributed by atoms with van der Waals surface area (Å²) in [7, 11) is 0. The molecule has 4 aromatic rings. The number of nitrogens with zero attached hydrogens (tertiary/aromatic N) is 2. The molecule has 39 heavy (non-hydrogen) atoms. The van der Waals surface area contributed by atoms with E-state index in [2.05, 4.69) is 112 Å². The van der Waals surface area contributed by atoms with Crippen LogP contribution in [0.15, 0.2) is 119 Å². The van der Waals surface area contributed by atoms with Crippen LogP contribution in [-0.2, 0) is 4.79 Å². The van der Waals surface area contributed by atoms with Crippen LogP contribution in [0.4, 0.5) is 11.4 Å². The molecule has 1 heterocycles. The number of hydrogen-bond donors (Lipinski definition) is 0. The minimum absolute atomic E-state index is 0.106. The number of carbonyl (C=O) groups excluding carboxylic acids is 1. The molecule has 5 heteroatoms. The van der Waals surface area contributed by atoms with Crippen molar-refractivity contribution in [3.63, 3.8) is 0 Å². The predicted octanol–water partition coefficient (Wildman–Crippen LogP) is 9.44. The van der Waals surface area contributed by atoms with E-state index in [1.165, 1.54) is 11.1 Å². The Morgan fingerprint density at radius 1 is 0.769 bits per heavy atom. The van der Waals surface area contributed by atoms with E-state index in [1.807, 2.05) is 30.3 Å². The number of rotatable bonds is 4. The quantitative estimate of drug-likeness (QED) is 0.234. The molecule has 0 saturated heterocycles. The van der Waals surface area contributed by atoms with E-state index in [4.69, 9.17) is 11.6 Å². The maximum absolute atomic E-state index is 13.6. The highest BCUT2D eigenvalue weighted by Gasteiger charge is 2.43. The first kappa shape index (κ1) is 25.9. The van der Waals surface area contributed by atoms with Gasteiger partial charge >= 0.3 is 0 Å². The van der Waals surface area contributed by atoms with Crippen LogP contribution in [0.5, 0.6) is 0 Å². The molecule has 4 aromatic carbocycles. The van der Waals surface area contributed by atoms with Gasteiger partial charge in [-0.1, -0.05) is 96.0 Å². The van der Waals surface area contributed by atoms with E-state index >= 15 is 0 Å². The van der Waals surface area contributed by atoms with Gasteiger partial charge < -0.3 is 9.80 Å². The van der Waals surface area contributed by atoms with Crippen molar-refractivity contribution >= 4 is 44.7 Å². The summed E-state index contributed by atoms with van der Waals surface area (Å²) in [4.78, 5) is 18.4. The lowest BCUT2D eigenvalue weighted by atomic mass is 9.74. The summed E-state index contributed by atoms with van der Waals surface area (Å²) in [5, 5.41) is 0.694. The van der Waals surface area contributed by atoms with Crippen molar-refractivity contribution in [2.75, 3.05) is 16.3 Å². The molecule has 1 atom stereocenters. The SMILES string of the molecule is CC1(C)CC(=O)C2=C(C1)N(c1ccc(-c3ccccc3)cc1)C(c1ccc(Br)cc1)N(c1ccc(Cl)cc1)C2. The van der Waals surface area contributed by atoms with E-state index in [9.17, 15) is 4.79 Å². The topological polar surface area (TPSA) is 23.6 Å². The smallest absolute Gasteiger partial charge is 0.162 e. The third-order valence-corrected chi connectivity index (χ3v) is 8.49. The second kappa shape index (κ2) is 10.3. The van der Waals surface area contributed by atoms with Gasteiger partial charge in [-0.05, 0) is 77.1 Å². The average Bonchev–Trinajstić information content (AvgIpc) is 2.93. The molecule has 0 radical (unpaired) electrons. The second-order valence-electron chi connectivity index (χ2n) is 11.2. The van der Waals surface area contributed by atoms with Crippen LogP contribution in [0.2, 0.25) is 5.02 Å². The molecule has 1 aliphatic carbocycles. The standard InChI is InChI=1S/C34H30BrClN2O/c1-34(2)20-31-30(32(39)21-34)22-37(28-18-14-27(36)15-19-28)33(25-8-12-26(35)13-9-25)38(31)29-16-10-24(11-17-29)23-6-4-3-5-7-23/h3-19,33H,20-22H2,1-2H3. The van der Waals surface area contributed by atoms with E-state index in [1.54, 1.807) is 0 Å². The molecule has 2 aliphatic rings. The fourth-order valence-electron chi connectivity index (χ4n) is 5.85. The Labute approximate surface area is 243 Å². The Bertz CT molecular complexity index is 1530. The summed E-state index contributed by atoms with van der Waals surface area (Å²) in [6.45, 7) is 4.96. The lowest BCUT2D eigenvalue weighted by molar-refractivity contribution is -0.118. The number of hydrogen-bond acceptors (Lipinski definition) is 3. The molecule has 0 N–H and O–H groups in total. The molecule has 0 bridgehead atoms. The summed E-state index contributed by atoms with van der Waals surface area (Å²) in [6.07, 6.45) is 1.27. The number of halogens is 2. The van der Waals surface area contributed by atoms with Crippen LogP contribution < -0.4 is 9.80 Å². The molecule has 0 spiro atoms. The third kappa shape index (κ3) is 5.16. The predicted molar refractivity (Wildman–Crippen MR) is 165 cm³/mol. The maximum Gasteiger partial charge on any atom is 0.162 e. The van der Waals surface area contributed by atoms with Crippen molar-refractivity contribution in [2.45, 2.75) is 32.9 Å². The second-order valence-corrected chi connectivity index (χ2v) is 12.5. The zero-order chi connectivity index (χ0) is 27.1. The Kier molecular flexibility index (Phi) is 6.86. The van der Waals surface area contributed by atoms with Crippen LogP contribution >= 0.6 is 27.5 Å². The number of ketones is 1. The largest absolute Gasteiger partial charge is 0.342 e. The Morgan fingerprint density at radius 3 is 2.05 bits per heavy atom. The monoisotopic (exact) mass is 596 g/mol. The van der Waals surface area contributed by atoms with Gasteiger partial charge in [0.15, 0.2) is 5.78 Å². The van der Waals surface area contributed by atoms with Crippen molar-refractivity contribution in [1.82, 2.24) is 0 Å². The van der Waals surface area contributed by atoms with Gasteiger partial charge in [-0.25, -0.2) is 0 Å². The van der Waals surface area contributed by atoms with Gasteiger partial charge in [0.05, 0.1) is 6.54 Å². The molecule has 0 aromatic heterocycles. The number of anilines is 2. The van der Waals surface area contributed by atoms with Crippen molar-refractivity contribution in [2.24, 2.45) is 5.41 Å². The molecule has 0 fully saturated rings. The fraction of sp³-hybridized carbons (Fsp3) is 0.206. The van der Waals surface area contributed by atoms with Gasteiger partial charge in [0.2, 0.25) is 0 Å². The first-order valence-electron chi connectivity index (χ1n) is 13.3. The zero-order valence-corrected chi connectivity index (χ0v) is 24.4. The van der Waals surface area contributed by atoms with Crippen LogP contribution in [0, 0.1) is 5.41 Å². The first-order chi connectivity index (χ1) is 18.8. The lowest BCUT2D eigenvalue weighted by Gasteiger charge is -2.51. The van der Waals surface area contributed by atoms with Crippen molar-refractivity contribution in [1.29, 1.82) is 0 Å². The van der Waals surface area contributed by atoms with E-state index < -0.39 is 0 Å². The average molecular weight is 598 g/mol. The van der Waals surface area contributed by atoms with Crippen LogP contribution in [-0.4, -0.2) is 12.3 Å². The minimum Gasteiger partial charge on any atom is -0.342 e. The van der Waals surface area contributed by atoms with Crippen LogP contribution in [0.3, 0.4) is 0 Å². The Balaban J connectivity index is 1.55. The van der Waals surface area contributed by atoms with E-state index in [-0.39, 0.29) is 17.4 Å². The summed E-state index contributed by atoms with van der Waals surface area (Å²) >= 11 is 9.89. The molecular weight excluding hydrogens is 568 g/mol. The number of carbonyl (C=O) groups is 1. The molecular formula is C34H30BrClN2O. The fourth-order valence-corrected chi connectivity index (χ4v) is 6.24. The van der Waals surface area contributed by atoms with Crippen LogP contribution in [0.25, 0.3) is 11.1 Å². The van der Waals surface area contributed by atoms with Crippen molar-refractivity contribution < 1.29 is 4.79 Å². The highest BCUT2D eigenvalue weighted by atomic mass is 79.9. The molecule has 1 aliphatic heterocycles. The lowest BCUT2D eigenvalue weighted by Crippen LogP contribution is -2.51. The van der Waals surface area contributed by atoms with Gasteiger partial charge in [0, 0.05) is 38.6 Å². The highest BCUT2D eigenvalue weighted by Crippen LogP contribution is 2.48. The first-order valence-corrected chi connectivity index (χ1v) is 14.4. The molecule has 6 rings (SSSR count). The van der Waals surface area contributed by atoms with Gasteiger partial charge in [-0.2, -0.15) is 0 Å². The normalized spacial score (nSPS) is 18.8. The van der Waals surface area contributed by atoms with Crippen molar-refractivity contribution in [3.05, 3.63) is 129 Å². The maximum atomic E-state index is 13.6. The van der Waals surface area contributed by atoms with Gasteiger partial charge in [0.1, 0.15) is 6.17 Å². The summed E-state index contributed by atoms with van der Waals surface area (Å²) in [5.41, 5.74) is 7.53. The summed E-state index contributed by atoms with van der Waals surface area (Å²) in [5.74, 6) is 0.236. The number of allylic oxidation sites excluding steroid dienone is 1. The van der Waals surface area contributed by atoms with Crippen LogP contribution in [0.1, 0.15) is 38.4 Å². The number of Topliss-reactive ketones (excluding diaryl/α,β-unsaturated/α-hetero) is 1. The van der Waals surface area contributed by atoms with Gasteiger partial charge in [-0.3, -0.25) is 4.79 Å². The van der Waals surface area contributed by atoms with Gasteiger partial charge in [0.25, 0.3) is 0 Å². The van der Waals surface area contributed by atoms with E-state index in [0.29, 0.717) is 18.0 Å². The van der Waals surface area contributed by atoms with Crippen molar-refractivity contribution in [3.8, 4) is 11.1 Å². The Morgan fingerprint density at radius 2 is 1.38 bits per heavy atom. The molecule has 1 unspecified atom stereocenters. The summed E-state index contributed by atoms with van der Waals surface area (Å²) < 4.78 is 1.03. The highest BCUT2D eigenvalue weighted by molar-refractivity contribution is 9.10. The van der Waals surface area contributed by atoms with E-state index in [0.717, 1.165) is 39.1 Å². The molecule has 196 valence electrons. The molecule has 0 amide bonds. The third-order valence-electron chi connectivity index (χ3n) is 7.71. The Hall–Kier alpha value is -3.34. The summed E-state index contributed by atoms with van der Waals surface area (Å²) in [6, 6.07) is 35.6. The van der Waals surface area contributed by atoms with Gasteiger partial charge in [-0.15, -0.1) is 0 Å². The molecule has 0 saturated carbocycles. The molecule has 3 nitrogen and oxygen atoms in total. The zero-order valence-electron chi connectivity index (χ0n) is 22.1. The number of benzene rings is 4.